The van der Waals surface area contributed by atoms with Crippen molar-refractivity contribution in [2.45, 2.75) is 25.3 Å². The molecule has 1 heterocycles. The molecule has 1 aromatic heterocycles. The van der Waals surface area contributed by atoms with E-state index >= 15 is 0 Å². The van der Waals surface area contributed by atoms with Crippen molar-refractivity contribution < 1.29 is 19.1 Å². The van der Waals surface area contributed by atoms with E-state index in [9.17, 15) is 14.4 Å². The molecule has 0 aliphatic heterocycles. The quantitative estimate of drug-likeness (QED) is 0.553. The Kier molecular flexibility index (Phi) is 5.11. The lowest BCUT2D eigenvalue weighted by Gasteiger charge is -2.17. The summed E-state index contributed by atoms with van der Waals surface area (Å²) in [6, 6.07) is 6.47. The number of rotatable bonds is 8. The van der Waals surface area contributed by atoms with E-state index in [1.807, 2.05) is 18.2 Å². The number of hydrogen-bond donors (Lipinski definition) is 4. The van der Waals surface area contributed by atoms with Crippen molar-refractivity contribution in [2.24, 2.45) is 11.7 Å². The molecule has 138 valence electrons. The van der Waals surface area contributed by atoms with Crippen LogP contribution in [0.2, 0.25) is 0 Å². The summed E-state index contributed by atoms with van der Waals surface area (Å²) in [5, 5.41) is 6.00. The highest BCUT2D eigenvalue weighted by Crippen LogP contribution is 2.33. The first-order valence-corrected chi connectivity index (χ1v) is 8.50. The standard InChI is InChI=1S/C18H22N4O4/c1-26-15-4-2-3-12-11(15)8-14(21-12)18(25)22-13(7-10-5-6-10)17(24)20-9-16(19)23/h2-4,8,10,13,21H,5-7,9H2,1H3,(H2,19,23)(H,20,24)(H,22,25)/t13-/m0/s1. The molecule has 3 amide bonds. The molecule has 1 aliphatic rings. The van der Waals surface area contributed by atoms with Gasteiger partial charge >= 0.3 is 0 Å². The van der Waals surface area contributed by atoms with Crippen LogP contribution in [-0.2, 0) is 9.59 Å². The van der Waals surface area contributed by atoms with Gasteiger partial charge in [0.25, 0.3) is 5.91 Å². The molecule has 1 aromatic carbocycles. The van der Waals surface area contributed by atoms with E-state index in [0.29, 0.717) is 23.8 Å². The number of carbonyl (C=O) groups is 3. The predicted octanol–water partition coefficient (Wildman–Crippen LogP) is 0.677. The Morgan fingerprint density at radius 3 is 2.77 bits per heavy atom. The summed E-state index contributed by atoms with van der Waals surface area (Å²) in [6.45, 7) is -0.251. The highest BCUT2D eigenvalue weighted by molar-refractivity contribution is 6.01. The number of methoxy groups -OCH3 is 1. The Labute approximate surface area is 150 Å². The van der Waals surface area contributed by atoms with Gasteiger partial charge in [-0.25, -0.2) is 0 Å². The van der Waals surface area contributed by atoms with Crippen LogP contribution < -0.4 is 21.1 Å². The first-order chi connectivity index (χ1) is 12.5. The second-order valence-corrected chi connectivity index (χ2v) is 6.49. The molecule has 1 aliphatic carbocycles. The lowest BCUT2D eigenvalue weighted by atomic mass is 10.1. The van der Waals surface area contributed by atoms with Crippen LogP contribution in [0.1, 0.15) is 29.8 Å². The van der Waals surface area contributed by atoms with Crippen LogP contribution in [-0.4, -0.2) is 42.4 Å². The third kappa shape index (κ3) is 4.14. The van der Waals surface area contributed by atoms with Gasteiger partial charge in [0.2, 0.25) is 11.8 Å². The fraction of sp³-hybridized carbons (Fsp3) is 0.389. The molecule has 26 heavy (non-hydrogen) atoms. The van der Waals surface area contributed by atoms with E-state index < -0.39 is 17.9 Å². The Morgan fingerprint density at radius 2 is 2.12 bits per heavy atom. The zero-order valence-electron chi connectivity index (χ0n) is 14.5. The fourth-order valence-corrected chi connectivity index (χ4v) is 2.88. The van der Waals surface area contributed by atoms with E-state index in [-0.39, 0.29) is 12.5 Å². The van der Waals surface area contributed by atoms with Crippen molar-refractivity contribution in [3.8, 4) is 5.75 Å². The summed E-state index contributed by atoms with van der Waals surface area (Å²) in [4.78, 5) is 38.8. The molecule has 1 atom stereocenters. The largest absolute Gasteiger partial charge is 0.496 e. The molecule has 8 heteroatoms. The summed E-state index contributed by atoms with van der Waals surface area (Å²) >= 11 is 0. The highest BCUT2D eigenvalue weighted by Gasteiger charge is 2.31. The third-order valence-electron chi connectivity index (χ3n) is 4.41. The van der Waals surface area contributed by atoms with Crippen LogP contribution in [0.25, 0.3) is 10.9 Å². The number of aromatic amines is 1. The smallest absolute Gasteiger partial charge is 0.268 e. The maximum atomic E-state index is 12.6. The minimum atomic E-state index is -0.706. The van der Waals surface area contributed by atoms with Gasteiger partial charge in [-0.3, -0.25) is 14.4 Å². The van der Waals surface area contributed by atoms with Crippen LogP contribution in [0.3, 0.4) is 0 Å². The number of ether oxygens (including phenoxy) is 1. The Balaban J connectivity index is 1.74. The number of nitrogens with one attached hydrogen (secondary N) is 3. The number of primary amides is 1. The minimum absolute atomic E-state index is 0.251. The first kappa shape index (κ1) is 17.8. The van der Waals surface area contributed by atoms with Gasteiger partial charge in [0.15, 0.2) is 0 Å². The van der Waals surface area contributed by atoms with Crippen molar-refractivity contribution in [1.29, 1.82) is 0 Å². The predicted molar refractivity (Wildman–Crippen MR) is 95.7 cm³/mol. The number of benzene rings is 1. The van der Waals surface area contributed by atoms with E-state index in [4.69, 9.17) is 10.5 Å². The van der Waals surface area contributed by atoms with Gasteiger partial charge in [-0.1, -0.05) is 18.9 Å². The molecule has 0 saturated heterocycles. The van der Waals surface area contributed by atoms with Crippen LogP contribution in [0.15, 0.2) is 24.3 Å². The average molecular weight is 358 g/mol. The summed E-state index contributed by atoms with van der Waals surface area (Å²) in [7, 11) is 1.57. The average Bonchev–Trinajstić information content (AvgIpc) is 3.32. The monoisotopic (exact) mass is 358 g/mol. The molecule has 0 unspecified atom stereocenters. The van der Waals surface area contributed by atoms with E-state index in [1.54, 1.807) is 13.2 Å². The lowest BCUT2D eigenvalue weighted by molar-refractivity contribution is -0.126. The molecular formula is C18H22N4O4. The van der Waals surface area contributed by atoms with Crippen molar-refractivity contribution >= 4 is 28.6 Å². The Morgan fingerprint density at radius 1 is 1.35 bits per heavy atom. The van der Waals surface area contributed by atoms with Gasteiger partial charge in [-0.15, -0.1) is 0 Å². The molecule has 8 nitrogen and oxygen atoms in total. The number of amides is 3. The number of nitrogens with two attached hydrogens (primary N) is 1. The van der Waals surface area contributed by atoms with E-state index in [1.165, 1.54) is 0 Å². The molecule has 3 rings (SSSR count). The van der Waals surface area contributed by atoms with Gasteiger partial charge in [0.1, 0.15) is 17.5 Å². The minimum Gasteiger partial charge on any atom is -0.496 e. The zero-order chi connectivity index (χ0) is 18.7. The zero-order valence-corrected chi connectivity index (χ0v) is 14.5. The highest BCUT2D eigenvalue weighted by atomic mass is 16.5. The van der Waals surface area contributed by atoms with E-state index in [2.05, 4.69) is 15.6 Å². The summed E-state index contributed by atoms with van der Waals surface area (Å²) in [5.41, 5.74) is 6.17. The first-order valence-electron chi connectivity index (χ1n) is 8.50. The van der Waals surface area contributed by atoms with Crippen LogP contribution in [0, 0.1) is 5.92 Å². The second kappa shape index (κ2) is 7.47. The van der Waals surface area contributed by atoms with Crippen molar-refractivity contribution in [2.75, 3.05) is 13.7 Å². The second-order valence-electron chi connectivity index (χ2n) is 6.49. The topological polar surface area (TPSA) is 126 Å². The number of carbonyl (C=O) groups excluding carboxylic acids is 3. The summed E-state index contributed by atoms with van der Waals surface area (Å²) in [6.07, 6.45) is 2.62. The van der Waals surface area contributed by atoms with Gasteiger partial charge in [-0.2, -0.15) is 0 Å². The third-order valence-corrected chi connectivity index (χ3v) is 4.41. The normalized spacial score (nSPS) is 14.7. The molecule has 0 radical (unpaired) electrons. The number of fused-ring (bicyclic) bond motifs is 1. The Hall–Kier alpha value is -3.03. The lowest BCUT2D eigenvalue weighted by Crippen LogP contribution is -2.48. The van der Waals surface area contributed by atoms with Gasteiger partial charge < -0.3 is 26.1 Å². The molecular weight excluding hydrogens is 336 g/mol. The molecule has 1 saturated carbocycles. The van der Waals surface area contributed by atoms with E-state index in [0.717, 1.165) is 23.7 Å². The van der Waals surface area contributed by atoms with Crippen molar-refractivity contribution in [3.05, 3.63) is 30.0 Å². The maximum absolute atomic E-state index is 12.6. The van der Waals surface area contributed by atoms with Gasteiger partial charge in [0, 0.05) is 10.9 Å². The molecule has 0 spiro atoms. The van der Waals surface area contributed by atoms with Crippen LogP contribution in [0.5, 0.6) is 5.75 Å². The maximum Gasteiger partial charge on any atom is 0.268 e. The number of hydrogen-bond acceptors (Lipinski definition) is 4. The molecule has 2 aromatic rings. The van der Waals surface area contributed by atoms with Crippen molar-refractivity contribution in [1.82, 2.24) is 15.6 Å². The SMILES string of the molecule is COc1cccc2[nH]c(C(=O)N[C@@H](CC3CC3)C(=O)NCC(N)=O)cc12. The summed E-state index contributed by atoms with van der Waals surface area (Å²) < 4.78 is 5.30. The van der Waals surface area contributed by atoms with Crippen molar-refractivity contribution in [3.63, 3.8) is 0 Å². The fourth-order valence-electron chi connectivity index (χ4n) is 2.88. The molecule has 1 fully saturated rings. The van der Waals surface area contributed by atoms with Gasteiger partial charge in [0.05, 0.1) is 13.7 Å². The summed E-state index contributed by atoms with van der Waals surface area (Å²) in [5.74, 6) is -0.340. The number of aromatic nitrogens is 1. The Bertz CT molecular complexity index is 841. The van der Waals surface area contributed by atoms with Crippen LogP contribution >= 0.6 is 0 Å². The van der Waals surface area contributed by atoms with Gasteiger partial charge in [-0.05, 0) is 30.5 Å². The number of H-pyrrole nitrogens is 1. The molecule has 5 N–H and O–H groups in total. The molecule has 0 bridgehead atoms. The van der Waals surface area contributed by atoms with Crippen LogP contribution in [0.4, 0.5) is 0 Å².